The summed E-state index contributed by atoms with van der Waals surface area (Å²) in [5.74, 6) is 0.542. The van der Waals surface area contributed by atoms with Crippen LogP contribution in [0, 0.1) is 5.41 Å². The molecule has 6 heteroatoms. The van der Waals surface area contributed by atoms with Crippen molar-refractivity contribution in [2.75, 3.05) is 18.6 Å². The fourth-order valence-corrected chi connectivity index (χ4v) is 1.01. The van der Waals surface area contributed by atoms with Gasteiger partial charge in [-0.15, -0.1) is 0 Å². The van der Waals surface area contributed by atoms with Gasteiger partial charge in [-0.2, -0.15) is 15.2 Å². The first-order valence-corrected chi connectivity index (χ1v) is 4.02. The van der Waals surface area contributed by atoms with Crippen LogP contribution in [0.25, 0.3) is 0 Å². The van der Waals surface area contributed by atoms with Crippen LogP contribution < -0.4 is 5.43 Å². The van der Waals surface area contributed by atoms with Gasteiger partial charge in [-0.3, -0.25) is 0 Å². The first kappa shape index (κ1) is 8.18. The highest BCUT2D eigenvalue weighted by Crippen LogP contribution is 2.23. The molecule has 0 amide bonds. The third kappa shape index (κ3) is 1.83. The number of H-pyrrole nitrogens is 1. The molecule has 1 saturated heterocycles. The van der Waals surface area contributed by atoms with Crippen molar-refractivity contribution in [3.63, 3.8) is 0 Å². The number of nitrogens with one attached hydrogen (secondary N) is 2. The van der Waals surface area contributed by atoms with Crippen LogP contribution in [-0.2, 0) is 4.74 Å². The molecule has 1 aliphatic rings. The summed E-state index contributed by atoms with van der Waals surface area (Å²) < 4.78 is 5.07. The second-order valence-electron chi connectivity index (χ2n) is 3.35. The maximum Gasteiger partial charge on any atom is 0.239 e. The van der Waals surface area contributed by atoms with Gasteiger partial charge in [0.1, 0.15) is 6.33 Å². The first-order valence-electron chi connectivity index (χ1n) is 4.02. The third-order valence-electron chi connectivity index (χ3n) is 1.83. The summed E-state index contributed by atoms with van der Waals surface area (Å²) in [6.07, 6.45) is 3.26. The zero-order chi connectivity index (χ0) is 9.15. The van der Waals surface area contributed by atoms with Gasteiger partial charge in [0.2, 0.25) is 5.95 Å². The molecule has 1 aromatic rings. The average molecular weight is 181 g/mol. The molecule has 1 fully saturated rings. The largest absolute Gasteiger partial charge is 0.379 e. The van der Waals surface area contributed by atoms with Gasteiger partial charge in [-0.25, -0.2) is 10.5 Å². The van der Waals surface area contributed by atoms with Crippen molar-refractivity contribution in [1.29, 1.82) is 0 Å². The highest BCUT2D eigenvalue weighted by Gasteiger charge is 2.31. The zero-order valence-corrected chi connectivity index (χ0v) is 7.32. The van der Waals surface area contributed by atoms with E-state index in [1.807, 2.05) is 6.21 Å². The molecule has 70 valence electrons. The Labute approximate surface area is 75.4 Å². The standard InChI is InChI=1S/C7H11N5O/c1-7(3-13-4-7)2-9-11-6-8-5-10-12-6/h2,5H,3-4H2,1H3,(H2,8,10,11,12)/b9-2+. The van der Waals surface area contributed by atoms with E-state index in [1.54, 1.807) is 0 Å². The maximum atomic E-state index is 5.07. The third-order valence-corrected chi connectivity index (χ3v) is 1.83. The summed E-state index contributed by atoms with van der Waals surface area (Å²) >= 11 is 0. The fraction of sp³-hybridized carbons (Fsp3) is 0.571. The van der Waals surface area contributed by atoms with E-state index in [0.29, 0.717) is 5.95 Å². The van der Waals surface area contributed by atoms with E-state index in [0.717, 1.165) is 13.2 Å². The predicted molar refractivity (Wildman–Crippen MR) is 47.4 cm³/mol. The number of anilines is 1. The molecule has 0 saturated carbocycles. The lowest BCUT2D eigenvalue weighted by atomic mass is 9.91. The Morgan fingerprint density at radius 2 is 2.62 bits per heavy atom. The number of rotatable bonds is 3. The number of nitrogens with zero attached hydrogens (tertiary/aromatic N) is 3. The Morgan fingerprint density at radius 1 is 1.77 bits per heavy atom. The molecule has 0 radical (unpaired) electrons. The van der Waals surface area contributed by atoms with Crippen molar-refractivity contribution in [3.05, 3.63) is 6.33 Å². The average Bonchev–Trinajstić information content (AvgIpc) is 2.54. The van der Waals surface area contributed by atoms with Crippen LogP contribution in [0.5, 0.6) is 0 Å². The summed E-state index contributed by atoms with van der Waals surface area (Å²) in [6.45, 7) is 3.55. The van der Waals surface area contributed by atoms with E-state index in [1.165, 1.54) is 6.33 Å². The van der Waals surface area contributed by atoms with Crippen molar-refractivity contribution < 1.29 is 4.74 Å². The van der Waals surface area contributed by atoms with E-state index >= 15 is 0 Å². The molecule has 1 aliphatic heterocycles. The van der Waals surface area contributed by atoms with Crippen molar-refractivity contribution in [2.24, 2.45) is 10.5 Å². The van der Waals surface area contributed by atoms with Crippen LogP contribution in [-0.4, -0.2) is 34.6 Å². The Balaban J connectivity index is 1.85. The summed E-state index contributed by atoms with van der Waals surface area (Å²) in [5, 5.41) is 10.3. The lowest BCUT2D eigenvalue weighted by molar-refractivity contribution is -0.0555. The van der Waals surface area contributed by atoms with E-state index in [9.17, 15) is 0 Å². The predicted octanol–water partition coefficient (Wildman–Crippen LogP) is 0.239. The lowest BCUT2D eigenvalue weighted by Crippen LogP contribution is -2.41. The molecule has 0 aliphatic carbocycles. The van der Waals surface area contributed by atoms with E-state index in [-0.39, 0.29) is 5.41 Å². The van der Waals surface area contributed by atoms with Crippen LogP contribution in [0.1, 0.15) is 6.92 Å². The molecular weight excluding hydrogens is 170 g/mol. The molecule has 2 heterocycles. The number of hydrogen-bond acceptors (Lipinski definition) is 5. The van der Waals surface area contributed by atoms with E-state index in [2.05, 4.69) is 32.6 Å². The van der Waals surface area contributed by atoms with E-state index in [4.69, 9.17) is 4.74 Å². The summed E-state index contributed by atoms with van der Waals surface area (Å²) in [6, 6.07) is 0. The Kier molecular flexibility index (Phi) is 1.97. The molecule has 6 nitrogen and oxygen atoms in total. The molecule has 2 N–H and O–H groups in total. The molecular formula is C7H11N5O. The lowest BCUT2D eigenvalue weighted by Gasteiger charge is -2.33. The summed E-state index contributed by atoms with van der Waals surface area (Å²) in [4.78, 5) is 3.86. The molecule has 13 heavy (non-hydrogen) atoms. The molecule has 2 rings (SSSR count). The minimum atomic E-state index is 0.0764. The first-order chi connectivity index (χ1) is 6.29. The maximum absolute atomic E-state index is 5.07. The topological polar surface area (TPSA) is 75.2 Å². The number of aromatic nitrogens is 3. The van der Waals surface area contributed by atoms with Crippen molar-refractivity contribution in [3.8, 4) is 0 Å². The molecule has 0 atom stereocenters. The van der Waals surface area contributed by atoms with Crippen molar-refractivity contribution in [1.82, 2.24) is 15.2 Å². The van der Waals surface area contributed by atoms with Crippen LogP contribution in [0.3, 0.4) is 0 Å². The van der Waals surface area contributed by atoms with Gasteiger partial charge in [0, 0.05) is 6.21 Å². The quantitative estimate of drug-likeness (QED) is 0.517. The van der Waals surface area contributed by atoms with Crippen LogP contribution in [0.2, 0.25) is 0 Å². The van der Waals surface area contributed by atoms with Gasteiger partial charge < -0.3 is 4.74 Å². The molecule has 0 bridgehead atoms. The second kappa shape index (κ2) is 3.14. The normalized spacial score (nSPS) is 20.1. The van der Waals surface area contributed by atoms with Gasteiger partial charge in [0.25, 0.3) is 0 Å². The Hall–Kier alpha value is -1.43. The highest BCUT2D eigenvalue weighted by atomic mass is 16.5. The monoisotopic (exact) mass is 181 g/mol. The van der Waals surface area contributed by atoms with E-state index < -0.39 is 0 Å². The number of ether oxygens (including phenoxy) is 1. The van der Waals surface area contributed by atoms with Crippen molar-refractivity contribution >= 4 is 12.2 Å². The van der Waals surface area contributed by atoms with Gasteiger partial charge in [-0.05, 0) is 0 Å². The smallest absolute Gasteiger partial charge is 0.239 e. The molecule has 0 aromatic carbocycles. The highest BCUT2D eigenvalue weighted by molar-refractivity contribution is 5.67. The molecule has 1 aromatic heterocycles. The van der Waals surface area contributed by atoms with Gasteiger partial charge in [-0.1, -0.05) is 6.92 Å². The Morgan fingerprint density at radius 3 is 3.15 bits per heavy atom. The van der Waals surface area contributed by atoms with Crippen LogP contribution >= 0.6 is 0 Å². The number of hydrogen-bond donors (Lipinski definition) is 2. The fourth-order valence-electron chi connectivity index (χ4n) is 1.01. The molecule has 0 unspecified atom stereocenters. The van der Waals surface area contributed by atoms with Crippen LogP contribution in [0.15, 0.2) is 11.4 Å². The Bertz CT molecular complexity index is 290. The summed E-state index contributed by atoms with van der Waals surface area (Å²) in [5.41, 5.74) is 2.81. The minimum absolute atomic E-state index is 0.0764. The minimum Gasteiger partial charge on any atom is -0.379 e. The van der Waals surface area contributed by atoms with Crippen molar-refractivity contribution in [2.45, 2.75) is 6.92 Å². The van der Waals surface area contributed by atoms with Crippen LogP contribution in [0.4, 0.5) is 5.95 Å². The van der Waals surface area contributed by atoms with Gasteiger partial charge >= 0.3 is 0 Å². The number of hydrazone groups is 1. The SMILES string of the molecule is CC1(/C=N/Nc2ncn[nH]2)COC1. The van der Waals surface area contributed by atoms with Gasteiger partial charge in [0.05, 0.1) is 18.6 Å². The number of aromatic amines is 1. The molecule has 0 spiro atoms. The summed E-state index contributed by atoms with van der Waals surface area (Å²) in [7, 11) is 0. The zero-order valence-electron chi connectivity index (χ0n) is 7.32. The van der Waals surface area contributed by atoms with Gasteiger partial charge in [0.15, 0.2) is 0 Å². The second-order valence-corrected chi connectivity index (χ2v) is 3.35.